The monoisotopic (exact) mass is 276 g/mol. The van der Waals surface area contributed by atoms with Gasteiger partial charge in [-0.2, -0.15) is 0 Å². The van der Waals surface area contributed by atoms with Crippen molar-refractivity contribution in [3.8, 4) is 0 Å². The van der Waals surface area contributed by atoms with Gasteiger partial charge in [-0.15, -0.1) is 0 Å². The predicted octanol–water partition coefficient (Wildman–Crippen LogP) is 3.71. The maximum atomic E-state index is 6.19. The second kappa shape index (κ2) is 8.45. The SMILES string of the molecule is CC[SiH](CC[SiH](CC)OC(C)(C)C)OC(C)C. The van der Waals surface area contributed by atoms with Crippen molar-refractivity contribution in [1.29, 1.82) is 0 Å². The van der Waals surface area contributed by atoms with Crippen LogP contribution in [0.4, 0.5) is 0 Å². The van der Waals surface area contributed by atoms with Crippen LogP contribution in [0.2, 0.25) is 24.2 Å². The van der Waals surface area contributed by atoms with Gasteiger partial charge in [-0.25, -0.2) is 0 Å². The second-order valence-electron chi connectivity index (χ2n) is 6.05. The van der Waals surface area contributed by atoms with Gasteiger partial charge < -0.3 is 8.85 Å². The molecule has 0 aliphatic heterocycles. The van der Waals surface area contributed by atoms with E-state index in [4.69, 9.17) is 8.85 Å². The maximum absolute atomic E-state index is 6.19. The Morgan fingerprint density at radius 2 is 1.41 bits per heavy atom. The third-order valence-corrected chi connectivity index (χ3v) is 9.12. The fourth-order valence-electron chi connectivity index (χ4n) is 1.97. The van der Waals surface area contributed by atoms with Gasteiger partial charge in [-0.3, -0.25) is 0 Å². The molecular formula is C13H32O2Si2. The first-order valence-corrected chi connectivity index (χ1v) is 11.3. The van der Waals surface area contributed by atoms with Crippen molar-refractivity contribution in [3.05, 3.63) is 0 Å². The summed E-state index contributed by atoms with van der Waals surface area (Å²) in [6.45, 7) is 15.3. The van der Waals surface area contributed by atoms with Gasteiger partial charge in [0, 0.05) is 11.7 Å². The van der Waals surface area contributed by atoms with Crippen molar-refractivity contribution in [2.75, 3.05) is 0 Å². The molecule has 0 radical (unpaired) electrons. The van der Waals surface area contributed by atoms with Crippen molar-refractivity contribution in [3.63, 3.8) is 0 Å². The van der Waals surface area contributed by atoms with E-state index in [0.29, 0.717) is 6.10 Å². The van der Waals surface area contributed by atoms with Crippen molar-refractivity contribution in [2.24, 2.45) is 0 Å². The van der Waals surface area contributed by atoms with Crippen LogP contribution in [-0.4, -0.2) is 29.8 Å². The van der Waals surface area contributed by atoms with E-state index >= 15 is 0 Å². The van der Waals surface area contributed by atoms with E-state index in [1.807, 2.05) is 0 Å². The molecule has 0 aliphatic carbocycles. The lowest BCUT2D eigenvalue weighted by atomic mass is 10.2. The highest BCUT2D eigenvalue weighted by molar-refractivity contribution is 6.57. The Balaban J connectivity index is 4.03. The number of hydrogen-bond donors (Lipinski definition) is 0. The summed E-state index contributed by atoms with van der Waals surface area (Å²) < 4.78 is 12.2. The van der Waals surface area contributed by atoms with Gasteiger partial charge in [0.1, 0.15) is 0 Å². The fraction of sp³-hybridized carbons (Fsp3) is 1.00. The Bertz CT molecular complexity index is 190. The minimum atomic E-state index is -0.999. The van der Waals surface area contributed by atoms with Gasteiger partial charge in [0.15, 0.2) is 18.1 Å². The fourth-order valence-corrected chi connectivity index (χ4v) is 8.15. The zero-order valence-corrected chi connectivity index (χ0v) is 15.2. The summed E-state index contributed by atoms with van der Waals surface area (Å²) in [6, 6.07) is 5.09. The van der Waals surface area contributed by atoms with E-state index in [0.717, 1.165) is 0 Å². The van der Waals surface area contributed by atoms with Gasteiger partial charge in [-0.1, -0.05) is 13.8 Å². The lowest BCUT2D eigenvalue weighted by Gasteiger charge is -2.27. The van der Waals surface area contributed by atoms with E-state index in [-0.39, 0.29) is 5.60 Å². The Morgan fingerprint density at radius 3 is 1.76 bits per heavy atom. The minimum absolute atomic E-state index is 0.0368. The molecule has 17 heavy (non-hydrogen) atoms. The molecule has 2 nitrogen and oxygen atoms in total. The van der Waals surface area contributed by atoms with Crippen LogP contribution in [0, 0.1) is 0 Å². The smallest absolute Gasteiger partial charge is 0.177 e. The van der Waals surface area contributed by atoms with Crippen LogP contribution in [-0.2, 0) is 8.85 Å². The third kappa shape index (κ3) is 10.0. The van der Waals surface area contributed by atoms with Gasteiger partial charge >= 0.3 is 0 Å². The number of rotatable bonds is 8. The van der Waals surface area contributed by atoms with Crippen molar-refractivity contribution in [1.82, 2.24) is 0 Å². The molecule has 0 N–H and O–H groups in total. The topological polar surface area (TPSA) is 18.5 Å². The first-order valence-electron chi connectivity index (χ1n) is 7.11. The van der Waals surface area contributed by atoms with E-state index in [1.54, 1.807) is 0 Å². The molecule has 2 unspecified atom stereocenters. The molecule has 104 valence electrons. The van der Waals surface area contributed by atoms with Gasteiger partial charge in [0.05, 0.1) is 0 Å². The van der Waals surface area contributed by atoms with E-state index in [2.05, 4.69) is 48.5 Å². The van der Waals surface area contributed by atoms with Crippen molar-refractivity contribution < 1.29 is 8.85 Å². The van der Waals surface area contributed by atoms with Crippen LogP contribution in [0.1, 0.15) is 48.5 Å². The normalized spacial score (nSPS) is 16.2. The molecular weight excluding hydrogens is 244 g/mol. The number of hydrogen-bond acceptors (Lipinski definition) is 2. The predicted molar refractivity (Wildman–Crippen MR) is 81.9 cm³/mol. The largest absolute Gasteiger partial charge is 0.418 e. The molecule has 0 saturated heterocycles. The summed E-state index contributed by atoms with van der Waals surface area (Å²) >= 11 is 0. The van der Waals surface area contributed by atoms with Crippen LogP contribution in [0.15, 0.2) is 0 Å². The Kier molecular flexibility index (Phi) is 8.63. The highest BCUT2D eigenvalue weighted by Crippen LogP contribution is 2.18. The lowest BCUT2D eigenvalue weighted by Crippen LogP contribution is -2.31. The molecule has 0 rings (SSSR count). The zero-order valence-electron chi connectivity index (χ0n) is 12.9. The first-order chi connectivity index (χ1) is 7.78. The molecule has 2 atom stereocenters. The molecule has 0 spiro atoms. The first kappa shape index (κ1) is 17.4. The average Bonchev–Trinajstić information content (AvgIpc) is 2.19. The molecule has 0 aromatic carbocycles. The quantitative estimate of drug-likeness (QED) is 0.629. The molecule has 0 aromatic heterocycles. The highest BCUT2D eigenvalue weighted by Gasteiger charge is 2.21. The van der Waals surface area contributed by atoms with Crippen LogP contribution >= 0.6 is 0 Å². The maximum Gasteiger partial charge on any atom is 0.177 e. The molecule has 0 bridgehead atoms. The summed E-state index contributed by atoms with van der Waals surface area (Å²) in [5.74, 6) is 0. The molecule has 0 fully saturated rings. The molecule has 0 aromatic rings. The van der Waals surface area contributed by atoms with Gasteiger partial charge in [0.25, 0.3) is 0 Å². The average molecular weight is 277 g/mol. The van der Waals surface area contributed by atoms with Crippen LogP contribution < -0.4 is 0 Å². The van der Waals surface area contributed by atoms with E-state index in [9.17, 15) is 0 Å². The molecule has 0 heterocycles. The summed E-state index contributed by atoms with van der Waals surface area (Å²) in [5.41, 5.74) is 0.0368. The standard InChI is InChI=1S/C13H32O2Si2/c1-8-16(14-12(3)4)10-11-17(9-2)15-13(5,6)7/h12,16-17H,8-11H2,1-7H3. The highest BCUT2D eigenvalue weighted by atomic mass is 28.3. The van der Waals surface area contributed by atoms with E-state index in [1.165, 1.54) is 24.2 Å². The van der Waals surface area contributed by atoms with Crippen LogP contribution in [0.3, 0.4) is 0 Å². The van der Waals surface area contributed by atoms with E-state index < -0.39 is 18.1 Å². The van der Waals surface area contributed by atoms with Crippen molar-refractivity contribution >= 4 is 18.1 Å². The lowest BCUT2D eigenvalue weighted by molar-refractivity contribution is 0.128. The van der Waals surface area contributed by atoms with Crippen LogP contribution in [0.5, 0.6) is 0 Å². The Morgan fingerprint density at radius 1 is 0.941 bits per heavy atom. The Hall–Kier alpha value is 0.354. The molecule has 0 aliphatic rings. The third-order valence-electron chi connectivity index (χ3n) is 2.71. The van der Waals surface area contributed by atoms with Gasteiger partial charge in [0.2, 0.25) is 0 Å². The summed E-state index contributed by atoms with van der Waals surface area (Å²) in [7, 11) is -1.95. The van der Waals surface area contributed by atoms with Crippen molar-refractivity contribution in [2.45, 2.75) is 84.3 Å². The Labute approximate surface area is 112 Å². The summed E-state index contributed by atoms with van der Waals surface area (Å²) in [4.78, 5) is 0. The summed E-state index contributed by atoms with van der Waals surface area (Å²) in [5, 5.41) is 0. The van der Waals surface area contributed by atoms with Gasteiger partial charge in [-0.05, 0) is 58.8 Å². The molecule has 0 amide bonds. The summed E-state index contributed by atoms with van der Waals surface area (Å²) in [6.07, 6.45) is 0.400. The molecule has 4 heteroatoms. The second-order valence-corrected chi connectivity index (χ2v) is 11.8. The zero-order chi connectivity index (χ0) is 13.5. The van der Waals surface area contributed by atoms with Crippen LogP contribution in [0.25, 0.3) is 0 Å². The molecule has 0 saturated carbocycles. The minimum Gasteiger partial charge on any atom is -0.418 e.